The molecule has 1 aliphatic carbocycles. The fourth-order valence-electron chi connectivity index (χ4n) is 6.33. The van der Waals surface area contributed by atoms with Crippen molar-refractivity contribution in [2.45, 2.75) is 18.6 Å². The number of hydrogen-bond donors (Lipinski definition) is 0. The second kappa shape index (κ2) is 10.2. The summed E-state index contributed by atoms with van der Waals surface area (Å²) < 4.78 is 14.8. The number of rotatable bonds is 4. The normalized spacial score (nSPS) is 16.9. The number of nitrogens with zero attached hydrogens (tertiary/aromatic N) is 3. The van der Waals surface area contributed by atoms with Gasteiger partial charge in [0.25, 0.3) is 0 Å². The number of ether oxygens (including phenoxy) is 2. The van der Waals surface area contributed by atoms with E-state index in [2.05, 4.69) is 89.5 Å². The largest absolute Gasteiger partial charge is 2.00 e. The van der Waals surface area contributed by atoms with Crippen molar-refractivity contribution in [1.82, 2.24) is 9.55 Å². The molecular formula is C37H23N3O2Pt. The van der Waals surface area contributed by atoms with E-state index in [1.54, 1.807) is 0 Å². The quantitative estimate of drug-likeness (QED) is 0.172. The number of para-hydroxylation sites is 2. The van der Waals surface area contributed by atoms with E-state index in [1.807, 2.05) is 42.5 Å². The Bertz CT molecular complexity index is 2220. The molecule has 208 valence electrons. The van der Waals surface area contributed by atoms with Gasteiger partial charge in [-0.1, -0.05) is 77.8 Å². The van der Waals surface area contributed by atoms with Crippen molar-refractivity contribution in [3.8, 4) is 17.3 Å². The van der Waals surface area contributed by atoms with Gasteiger partial charge in [0.1, 0.15) is 23.9 Å². The van der Waals surface area contributed by atoms with Gasteiger partial charge in [-0.2, -0.15) is 6.07 Å². The fourth-order valence-corrected chi connectivity index (χ4v) is 6.33. The average Bonchev–Trinajstić information content (AvgIpc) is 3.70. The van der Waals surface area contributed by atoms with Crippen LogP contribution in [0, 0.1) is 12.1 Å². The number of aliphatic imine (C=N–C) groups is 1. The van der Waals surface area contributed by atoms with Gasteiger partial charge in [-0.05, 0) is 40.8 Å². The smallest absolute Gasteiger partial charge is 0.514 e. The SMILES string of the molecule is [Pt+2].[c-]1c(Oc2[c-]c3c(cc2)c2ccccc2n3-c2ccc3ccccc3n2)cccc1C1=N[C@@H]2c3ccccc3C[C@@H]2O1. The molecule has 0 N–H and O–H groups in total. The molecule has 2 aliphatic rings. The van der Waals surface area contributed by atoms with Crippen LogP contribution in [-0.2, 0) is 32.2 Å². The number of fused-ring (bicyclic) bond motifs is 7. The number of pyridine rings is 1. The molecule has 1 aliphatic heterocycles. The van der Waals surface area contributed by atoms with Crippen molar-refractivity contribution < 1.29 is 30.5 Å². The number of hydrogen-bond acceptors (Lipinski definition) is 4. The van der Waals surface area contributed by atoms with E-state index in [4.69, 9.17) is 19.5 Å². The van der Waals surface area contributed by atoms with E-state index < -0.39 is 0 Å². The van der Waals surface area contributed by atoms with Crippen LogP contribution in [0.15, 0.2) is 120 Å². The first-order chi connectivity index (χ1) is 20.8. The molecule has 0 saturated carbocycles. The van der Waals surface area contributed by atoms with E-state index in [1.165, 1.54) is 11.1 Å². The minimum Gasteiger partial charge on any atom is -0.514 e. The van der Waals surface area contributed by atoms with Gasteiger partial charge in [0, 0.05) is 28.8 Å². The molecule has 0 bridgehead atoms. The zero-order chi connectivity index (χ0) is 27.6. The zero-order valence-electron chi connectivity index (χ0n) is 22.8. The molecule has 0 amide bonds. The van der Waals surface area contributed by atoms with Crippen LogP contribution in [0.4, 0.5) is 0 Å². The second-order valence-electron chi connectivity index (χ2n) is 10.8. The summed E-state index contributed by atoms with van der Waals surface area (Å²) in [6.45, 7) is 0. The molecule has 0 radical (unpaired) electrons. The number of aromatic nitrogens is 2. The predicted octanol–water partition coefficient (Wildman–Crippen LogP) is 8.16. The fraction of sp³-hybridized carbons (Fsp3) is 0.0811. The standard InChI is InChI=1S/C37H23N3O2.Pt/c1-3-12-28-24(9-1)21-34-36(28)39-37(42-34)25-10-7-11-26(20-25)41-27-17-18-30-29-13-4-6-15-32(29)40(33(30)22-27)35-19-16-23-8-2-5-14-31(23)38-35;/h1-19,34,36H,21H2;/q-2;+2/t34-,36+;/m0./s1. The third-order valence-electron chi connectivity index (χ3n) is 8.25. The van der Waals surface area contributed by atoms with Crippen molar-refractivity contribution in [1.29, 1.82) is 0 Å². The molecule has 9 rings (SSSR count). The van der Waals surface area contributed by atoms with Gasteiger partial charge in [-0.15, -0.1) is 35.7 Å². The predicted molar refractivity (Wildman–Crippen MR) is 165 cm³/mol. The molecule has 2 atom stereocenters. The van der Waals surface area contributed by atoms with E-state index in [9.17, 15) is 0 Å². The molecule has 6 heteroatoms. The Hall–Kier alpha value is -4.73. The summed E-state index contributed by atoms with van der Waals surface area (Å²) in [6, 6.07) is 46.0. The van der Waals surface area contributed by atoms with Crippen LogP contribution in [0.1, 0.15) is 22.7 Å². The summed E-state index contributed by atoms with van der Waals surface area (Å²) in [5.74, 6) is 2.64. The molecule has 5 nitrogen and oxygen atoms in total. The Balaban J connectivity index is 0.00000278. The summed E-state index contributed by atoms with van der Waals surface area (Å²) in [6.07, 6.45) is 0.913. The summed E-state index contributed by atoms with van der Waals surface area (Å²) in [5, 5.41) is 3.34. The second-order valence-corrected chi connectivity index (χ2v) is 10.8. The van der Waals surface area contributed by atoms with Crippen molar-refractivity contribution >= 4 is 38.6 Å². The third-order valence-corrected chi connectivity index (χ3v) is 8.25. The summed E-state index contributed by atoms with van der Waals surface area (Å²) in [4.78, 5) is 9.93. The Morgan fingerprint density at radius 1 is 0.744 bits per heavy atom. The van der Waals surface area contributed by atoms with Crippen LogP contribution >= 0.6 is 0 Å². The maximum absolute atomic E-state index is 6.34. The Labute approximate surface area is 262 Å². The van der Waals surface area contributed by atoms with E-state index >= 15 is 0 Å². The Morgan fingerprint density at radius 2 is 1.58 bits per heavy atom. The zero-order valence-corrected chi connectivity index (χ0v) is 25.1. The van der Waals surface area contributed by atoms with Gasteiger partial charge >= 0.3 is 21.1 Å². The molecule has 3 heterocycles. The first-order valence-corrected chi connectivity index (χ1v) is 14.1. The van der Waals surface area contributed by atoms with Crippen LogP contribution in [0.25, 0.3) is 38.5 Å². The topological polar surface area (TPSA) is 48.6 Å². The maximum Gasteiger partial charge on any atom is 2.00 e. The monoisotopic (exact) mass is 736 g/mol. The summed E-state index contributed by atoms with van der Waals surface area (Å²) in [5.41, 5.74) is 6.28. The molecule has 0 saturated heterocycles. The van der Waals surface area contributed by atoms with Gasteiger partial charge in [-0.3, -0.25) is 4.99 Å². The summed E-state index contributed by atoms with van der Waals surface area (Å²) in [7, 11) is 0. The first kappa shape index (κ1) is 25.9. The van der Waals surface area contributed by atoms with Gasteiger partial charge in [0.15, 0.2) is 0 Å². The molecule has 0 unspecified atom stereocenters. The van der Waals surface area contributed by atoms with Gasteiger partial charge < -0.3 is 14.0 Å². The van der Waals surface area contributed by atoms with Crippen LogP contribution in [-0.4, -0.2) is 21.6 Å². The summed E-state index contributed by atoms with van der Waals surface area (Å²) >= 11 is 0. The van der Waals surface area contributed by atoms with Crippen LogP contribution in [0.5, 0.6) is 11.5 Å². The Kier molecular flexibility index (Phi) is 6.16. The van der Waals surface area contributed by atoms with E-state index in [0.717, 1.165) is 50.5 Å². The van der Waals surface area contributed by atoms with Crippen molar-refractivity contribution in [2.24, 2.45) is 4.99 Å². The molecule has 2 aromatic heterocycles. The average molecular weight is 737 g/mol. The minimum absolute atomic E-state index is 0. The van der Waals surface area contributed by atoms with Gasteiger partial charge in [0.05, 0.1) is 5.52 Å². The minimum atomic E-state index is 0. The number of benzene rings is 5. The molecule has 5 aromatic carbocycles. The van der Waals surface area contributed by atoms with Crippen molar-refractivity contribution in [3.05, 3.63) is 144 Å². The van der Waals surface area contributed by atoms with Gasteiger partial charge in [0.2, 0.25) is 0 Å². The maximum atomic E-state index is 6.34. The van der Waals surface area contributed by atoms with Crippen molar-refractivity contribution in [3.63, 3.8) is 0 Å². The van der Waals surface area contributed by atoms with E-state index in [0.29, 0.717) is 17.4 Å². The molecular weight excluding hydrogens is 714 g/mol. The van der Waals surface area contributed by atoms with Crippen molar-refractivity contribution in [2.75, 3.05) is 0 Å². The Morgan fingerprint density at radius 3 is 2.56 bits per heavy atom. The molecule has 7 aromatic rings. The molecule has 0 fully saturated rings. The van der Waals surface area contributed by atoms with Crippen LogP contribution < -0.4 is 4.74 Å². The van der Waals surface area contributed by atoms with Crippen LogP contribution in [0.2, 0.25) is 0 Å². The molecule has 0 spiro atoms. The molecule has 43 heavy (non-hydrogen) atoms. The third kappa shape index (κ3) is 4.26. The first-order valence-electron chi connectivity index (χ1n) is 14.1. The van der Waals surface area contributed by atoms with E-state index in [-0.39, 0.29) is 33.2 Å². The van der Waals surface area contributed by atoms with Crippen LogP contribution in [0.3, 0.4) is 0 Å². The van der Waals surface area contributed by atoms with Gasteiger partial charge in [-0.25, -0.2) is 4.98 Å².